The molecule has 1 aromatic rings. The van der Waals surface area contributed by atoms with Crippen molar-refractivity contribution in [2.75, 3.05) is 13.9 Å². The second-order valence-electron chi connectivity index (χ2n) is 12.1. The summed E-state index contributed by atoms with van der Waals surface area (Å²) in [5.41, 5.74) is 1.00. The minimum absolute atomic E-state index is 0.102. The van der Waals surface area contributed by atoms with Gasteiger partial charge in [0.25, 0.3) is 0 Å². The van der Waals surface area contributed by atoms with E-state index in [0.717, 1.165) is 17.1 Å². The van der Waals surface area contributed by atoms with Gasteiger partial charge in [-0.15, -0.1) is 0 Å². The Labute approximate surface area is 204 Å². The summed E-state index contributed by atoms with van der Waals surface area (Å²) in [7, 11) is -2.45. The number of hydrogen-bond donors (Lipinski definition) is 0. The van der Waals surface area contributed by atoms with Crippen LogP contribution in [0.2, 0.25) is 36.3 Å². The highest BCUT2D eigenvalue weighted by molar-refractivity contribution is 6.74. The fraction of sp³-hybridized carbons (Fsp3) is 0.692. The Morgan fingerprint density at radius 3 is 1.85 bits per heavy atom. The number of rotatable bonds is 8. The van der Waals surface area contributed by atoms with Gasteiger partial charge in [0.1, 0.15) is 23.7 Å². The zero-order valence-electron chi connectivity index (χ0n) is 22.9. The minimum Gasteiger partial charge on any atom is -0.488 e. The maximum Gasteiger partial charge on any atom is 0.193 e. The minimum atomic E-state index is -2.04. The summed E-state index contributed by atoms with van der Waals surface area (Å²) < 4.78 is 30.8. The summed E-state index contributed by atoms with van der Waals surface area (Å²) in [5.74, 6) is 1.60. The third-order valence-electron chi connectivity index (χ3n) is 7.37. The fourth-order valence-corrected chi connectivity index (χ4v) is 5.72. The summed E-state index contributed by atoms with van der Waals surface area (Å²) in [6, 6.07) is 7.90. The highest BCUT2D eigenvalue weighted by atomic mass is 28.4. The molecule has 0 aromatic heterocycles. The molecule has 0 spiro atoms. The van der Waals surface area contributed by atoms with Crippen LogP contribution >= 0.6 is 0 Å². The molecule has 3 atom stereocenters. The first-order chi connectivity index (χ1) is 15.0. The second kappa shape index (κ2) is 10.2. The second-order valence-corrected chi connectivity index (χ2v) is 21.6. The van der Waals surface area contributed by atoms with Crippen LogP contribution in [0.25, 0.3) is 5.76 Å². The first-order valence-corrected chi connectivity index (χ1v) is 17.8. The molecule has 0 saturated carbocycles. The van der Waals surface area contributed by atoms with Crippen LogP contribution in [0.4, 0.5) is 0 Å². The number of hydrogen-bond acceptors (Lipinski definition) is 5. The smallest absolute Gasteiger partial charge is 0.193 e. The first-order valence-electron chi connectivity index (χ1n) is 11.9. The summed E-state index contributed by atoms with van der Waals surface area (Å²) >= 11 is 0. The van der Waals surface area contributed by atoms with Gasteiger partial charge in [-0.1, -0.05) is 41.5 Å². The Morgan fingerprint density at radius 2 is 1.36 bits per heavy atom. The van der Waals surface area contributed by atoms with Gasteiger partial charge < -0.3 is 23.1 Å². The summed E-state index contributed by atoms with van der Waals surface area (Å²) in [5, 5.41) is 0.209. The van der Waals surface area contributed by atoms with E-state index in [2.05, 4.69) is 80.7 Å². The molecular formula is C26H46O5Si2. The van der Waals surface area contributed by atoms with Gasteiger partial charge >= 0.3 is 0 Å². The topological polar surface area (TPSA) is 46.2 Å². The molecular weight excluding hydrogens is 448 g/mol. The van der Waals surface area contributed by atoms with Gasteiger partial charge in [-0.05, 0) is 73.5 Å². The van der Waals surface area contributed by atoms with E-state index in [4.69, 9.17) is 23.1 Å². The normalized spacial score (nSPS) is 22.5. The number of ether oxygens (including phenoxy) is 3. The van der Waals surface area contributed by atoms with Gasteiger partial charge in [0.2, 0.25) is 0 Å². The van der Waals surface area contributed by atoms with E-state index in [1.165, 1.54) is 0 Å². The van der Waals surface area contributed by atoms with E-state index in [1.807, 2.05) is 24.3 Å². The zero-order chi connectivity index (χ0) is 25.2. The lowest BCUT2D eigenvalue weighted by Gasteiger charge is -2.47. The lowest BCUT2D eigenvalue weighted by atomic mass is 10.0. The van der Waals surface area contributed by atoms with E-state index < -0.39 is 16.6 Å². The van der Waals surface area contributed by atoms with Crippen molar-refractivity contribution >= 4 is 22.4 Å². The molecule has 0 N–H and O–H groups in total. The van der Waals surface area contributed by atoms with E-state index in [-0.39, 0.29) is 35.2 Å². The third kappa shape index (κ3) is 6.95. The Balaban J connectivity index is 2.41. The van der Waals surface area contributed by atoms with Crippen molar-refractivity contribution in [1.82, 2.24) is 0 Å². The quantitative estimate of drug-likeness (QED) is 0.282. The lowest BCUT2D eigenvalue weighted by molar-refractivity contribution is -0.0331. The highest BCUT2D eigenvalue weighted by Gasteiger charge is 2.47. The molecule has 0 fully saturated rings. The van der Waals surface area contributed by atoms with Crippen molar-refractivity contribution in [3.8, 4) is 5.75 Å². The molecule has 2 rings (SSSR count). The highest BCUT2D eigenvalue weighted by Crippen LogP contribution is 2.43. The molecule has 33 heavy (non-hydrogen) atoms. The molecule has 0 amide bonds. The van der Waals surface area contributed by atoms with Gasteiger partial charge in [0.15, 0.2) is 23.4 Å². The van der Waals surface area contributed by atoms with E-state index in [1.54, 1.807) is 7.11 Å². The van der Waals surface area contributed by atoms with Gasteiger partial charge in [-0.2, -0.15) is 0 Å². The van der Waals surface area contributed by atoms with Crippen molar-refractivity contribution in [3.05, 3.63) is 35.9 Å². The predicted molar refractivity (Wildman–Crippen MR) is 142 cm³/mol. The van der Waals surface area contributed by atoms with Crippen LogP contribution < -0.4 is 4.74 Å². The van der Waals surface area contributed by atoms with Crippen LogP contribution in [-0.4, -0.2) is 48.8 Å². The van der Waals surface area contributed by atoms with Crippen LogP contribution in [0.15, 0.2) is 30.3 Å². The van der Waals surface area contributed by atoms with Gasteiger partial charge in [0, 0.05) is 12.7 Å². The maximum atomic E-state index is 6.95. The predicted octanol–water partition coefficient (Wildman–Crippen LogP) is 7.21. The van der Waals surface area contributed by atoms with Crippen molar-refractivity contribution in [2.24, 2.45) is 0 Å². The lowest BCUT2D eigenvalue weighted by Crippen LogP contribution is -2.55. The number of methoxy groups -OCH3 is 1. The van der Waals surface area contributed by atoms with Crippen LogP contribution in [0.3, 0.4) is 0 Å². The van der Waals surface area contributed by atoms with Crippen molar-refractivity contribution in [2.45, 2.75) is 103 Å². The molecule has 0 saturated heterocycles. The van der Waals surface area contributed by atoms with Crippen molar-refractivity contribution < 1.29 is 23.1 Å². The van der Waals surface area contributed by atoms with Crippen LogP contribution in [0.1, 0.15) is 54.0 Å². The zero-order valence-corrected chi connectivity index (χ0v) is 24.9. The molecule has 0 bridgehead atoms. The molecule has 1 aliphatic rings. The van der Waals surface area contributed by atoms with E-state index in [0.29, 0.717) is 0 Å². The van der Waals surface area contributed by atoms with Crippen molar-refractivity contribution in [3.63, 3.8) is 0 Å². The standard InChI is InChI=1S/C26H46O5Si2/c1-19-24(31-33(11,12)26(5,6)7)23(30-32(9,10)25(2,3)4)17-22(29-19)20-13-15-21(16-14-20)28-18-27-8/h13-17,19,23-24H,18H2,1-12H3/t19-,23-,24-/m0/s1. The maximum absolute atomic E-state index is 6.95. The molecule has 188 valence electrons. The molecule has 5 nitrogen and oxygen atoms in total. The Hall–Kier alpha value is -1.13. The van der Waals surface area contributed by atoms with Gasteiger partial charge in [-0.3, -0.25) is 0 Å². The molecule has 0 unspecified atom stereocenters. The average molecular weight is 495 g/mol. The monoisotopic (exact) mass is 494 g/mol. The summed E-state index contributed by atoms with van der Waals surface area (Å²) in [6.45, 7) is 25.1. The molecule has 0 radical (unpaired) electrons. The summed E-state index contributed by atoms with van der Waals surface area (Å²) in [6.07, 6.45) is 1.69. The Morgan fingerprint density at radius 1 is 0.848 bits per heavy atom. The average Bonchev–Trinajstić information content (AvgIpc) is 2.67. The first kappa shape index (κ1) is 28.1. The Kier molecular flexibility index (Phi) is 8.72. The SMILES string of the molecule is COCOc1ccc(C2=C[C@H](O[Si](C)(C)C(C)(C)C)[C@@H](O[Si](C)(C)C(C)(C)C)[C@H](C)O2)cc1. The van der Waals surface area contributed by atoms with Crippen LogP contribution in [-0.2, 0) is 18.3 Å². The van der Waals surface area contributed by atoms with Crippen molar-refractivity contribution in [1.29, 1.82) is 0 Å². The largest absolute Gasteiger partial charge is 0.488 e. The van der Waals surface area contributed by atoms with Gasteiger partial charge in [0.05, 0.1) is 6.10 Å². The van der Waals surface area contributed by atoms with Crippen LogP contribution in [0, 0.1) is 0 Å². The molecule has 7 heteroatoms. The molecule has 0 aliphatic carbocycles. The van der Waals surface area contributed by atoms with E-state index >= 15 is 0 Å². The molecule has 1 aromatic carbocycles. The molecule has 1 heterocycles. The third-order valence-corrected chi connectivity index (χ3v) is 16.3. The van der Waals surface area contributed by atoms with E-state index in [9.17, 15) is 0 Å². The molecule has 1 aliphatic heterocycles. The van der Waals surface area contributed by atoms with Crippen LogP contribution in [0.5, 0.6) is 5.75 Å². The number of benzene rings is 1. The van der Waals surface area contributed by atoms with Gasteiger partial charge in [-0.25, -0.2) is 0 Å². The Bertz CT molecular complexity index is 803. The fourth-order valence-electron chi connectivity index (χ4n) is 3.12. The summed E-state index contributed by atoms with van der Waals surface area (Å²) in [4.78, 5) is 0.